The van der Waals surface area contributed by atoms with Crippen molar-refractivity contribution in [3.8, 4) is 16.2 Å². The van der Waals surface area contributed by atoms with Crippen molar-refractivity contribution in [2.75, 3.05) is 11.9 Å². The molecule has 5 nitrogen and oxygen atoms in total. The van der Waals surface area contributed by atoms with Gasteiger partial charge in [-0.2, -0.15) is 0 Å². The topological polar surface area (TPSA) is 64.1 Å². The zero-order valence-corrected chi connectivity index (χ0v) is 14.8. The van der Waals surface area contributed by atoms with Gasteiger partial charge in [0, 0.05) is 12.1 Å². The average Bonchev–Trinajstić information content (AvgIpc) is 3.15. The summed E-state index contributed by atoms with van der Waals surface area (Å²) in [6, 6.07) is 15.6. The fourth-order valence-electron chi connectivity index (χ4n) is 2.29. The first-order valence-corrected chi connectivity index (χ1v) is 8.85. The molecule has 0 fully saturated rings. The minimum absolute atomic E-state index is 0.0142. The Bertz CT molecular complexity index is 800. The van der Waals surface area contributed by atoms with Crippen molar-refractivity contribution in [3.63, 3.8) is 0 Å². The van der Waals surface area contributed by atoms with E-state index >= 15 is 0 Å². The minimum Gasteiger partial charge on any atom is -0.494 e. The van der Waals surface area contributed by atoms with Crippen LogP contribution < -0.4 is 10.1 Å². The van der Waals surface area contributed by atoms with Crippen molar-refractivity contribution in [1.82, 2.24) is 9.59 Å². The number of carbonyl (C=O) groups is 1. The highest BCUT2D eigenvalue weighted by Crippen LogP contribution is 2.23. The summed E-state index contributed by atoms with van der Waals surface area (Å²) in [7, 11) is 0. The van der Waals surface area contributed by atoms with E-state index in [1.165, 1.54) is 17.1 Å². The number of anilines is 1. The predicted molar refractivity (Wildman–Crippen MR) is 99.9 cm³/mol. The van der Waals surface area contributed by atoms with Gasteiger partial charge < -0.3 is 10.1 Å². The number of amides is 1. The first kappa shape index (κ1) is 17.1. The van der Waals surface area contributed by atoms with Crippen LogP contribution >= 0.6 is 11.5 Å². The van der Waals surface area contributed by atoms with Gasteiger partial charge in [0.05, 0.1) is 17.7 Å². The van der Waals surface area contributed by atoms with Gasteiger partial charge in [0.15, 0.2) is 0 Å². The molecular weight excluding hydrogens is 334 g/mol. The molecule has 0 saturated carbocycles. The van der Waals surface area contributed by atoms with Crippen molar-refractivity contribution in [2.45, 2.75) is 19.8 Å². The molecule has 128 valence electrons. The largest absolute Gasteiger partial charge is 0.494 e. The Labute approximate surface area is 150 Å². The maximum absolute atomic E-state index is 12.0. The van der Waals surface area contributed by atoms with E-state index in [2.05, 4.69) is 14.9 Å². The molecule has 1 N–H and O–H groups in total. The molecule has 0 aliphatic rings. The van der Waals surface area contributed by atoms with Gasteiger partial charge in [0.25, 0.3) is 0 Å². The third-order valence-electron chi connectivity index (χ3n) is 3.65. The number of aryl methyl sites for hydroxylation is 1. The van der Waals surface area contributed by atoms with Crippen molar-refractivity contribution in [1.29, 1.82) is 0 Å². The van der Waals surface area contributed by atoms with E-state index < -0.39 is 0 Å². The monoisotopic (exact) mass is 353 g/mol. The van der Waals surface area contributed by atoms with Gasteiger partial charge in [-0.15, -0.1) is 5.10 Å². The molecule has 1 heterocycles. The molecule has 0 radical (unpaired) electrons. The maximum Gasteiger partial charge on any atom is 0.224 e. The number of rotatable bonds is 7. The lowest BCUT2D eigenvalue weighted by Crippen LogP contribution is -2.12. The fourth-order valence-corrected chi connectivity index (χ4v) is 2.81. The van der Waals surface area contributed by atoms with Gasteiger partial charge in [-0.25, -0.2) is 0 Å². The number of aromatic nitrogens is 2. The third-order valence-corrected chi connectivity index (χ3v) is 4.37. The van der Waals surface area contributed by atoms with Crippen LogP contribution in [0.2, 0.25) is 0 Å². The van der Waals surface area contributed by atoms with E-state index in [9.17, 15) is 4.79 Å². The highest BCUT2D eigenvalue weighted by atomic mass is 32.1. The highest BCUT2D eigenvalue weighted by Gasteiger charge is 2.04. The van der Waals surface area contributed by atoms with E-state index in [1.807, 2.05) is 55.5 Å². The third kappa shape index (κ3) is 5.12. The molecule has 6 heteroatoms. The Morgan fingerprint density at radius 2 is 1.88 bits per heavy atom. The Hall–Kier alpha value is -2.73. The molecule has 0 unspecified atom stereocenters. The molecular formula is C19H19N3O2S. The van der Waals surface area contributed by atoms with E-state index in [0.29, 0.717) is 19.4 Å². The van der Waals surface area contributed by atoms with Crippen molar-refractivity contribution >= 4 is 23.1 Å². The fraction of sp³-hybridized carbons (Fsp3) is 0.211. The molecule has 0 aliphatic heterocycles. The highest BCUT2D eigenvalue weighted by molar-refractivity contribution is 7.09. The molecule has 1 aromatic heterocycles. The second kappa shape index (κ2) is 8.39. The molecule has 0 saturated heterocycles. The van der Waals surface area contributed by atoms with E-state index in [1.54, 1.807) is 6.20 Å². The van der Waals surface area contributed by atoms with Crippen LogP contribution in [0.3, 0.4) is 0 Å². The van der Waals surface area contributed by atoms with Gasteiger partial charge in [-0.3, -0.25) is 4.79 Å². The molecule has 0 aliphatic carbocycles. The zero-order chi connectivity index (χ0) is 17.5. The zero-order valence-electron chi connectivity index (χ0n) is 13.9. The SMILES string of the molecule is Cc1ccc(OCCCC(=O)Nc2ccc(-c3cnns3)cc2)cc1. The molecule has 3 rings (SSSR count). The first-order chi connectivity index (χ1) is 12.2. The summed E-state index contributed by atoms with van der Waals surface area (Å²) in [6.07, 6.45) is 2.82. The Morgan fingerprint density at radius 1 is 1.12 bits per heavy atom. The lowest BCUT2D eigenvalue weighted by atomic mass is 10.2. The number of hydrogen-bond donors (Lipinski definition) is 1. The Balaban J connectivity index is 1.41. The van der Waals surface area contributed by atoms with E-state index in [0.717, 1.165) is 21.9 Å². The smallest absolute Gasteiger partial charge is 0.224 e. The van der Waals surface area contributed by atoms with Gasteiger partial charge in [0.2, 0.25) is 5.91 Å². The summed E-state index contributed by atoms with van der Waals surface area (Å²) in [5, 5.41) is 6.72. The summed E-state index contributed by atoms with van der Waals surface area (Å²) in [6.45, 7) is 2.56. The number of nitrogens with zero attached hydrogens (tertiary/aromatic N) is 2. The molecule has 0 atom stereocenters. The minimum atomic E-state index is -0.0142. The van der Waals surface area contributed by atoms with Crippen LogP contribution in [-0.4, -0.2) is 22.1 Å². The summed E-state index contributed by atoms with van der Waals surface area (Å²) < 4.78 is 9.48. The lowest BCUT2D eigenvalue weighted by Gasteiger charge is -2.08. The molecule has 25 heavy (non-hydrogen) atoms. The second-order valence-electron chi connectivity index (χ2n) is 5.67. The Morgan fingerprint density at radius 3 is 2.56 bits per heavy atom. The van der Waals surface area contributed by atoms with Crippen LogP contribution in [0.4, 0.5) is 5.69 Å². The predicted octanol–water partition coefficient (Wildman–Crippen LogP) is 4.31. The molecule has 1 amide bonds. The van der Waals surface area contributed by atoms with Crippen molar-refractivity contribution in [2.24, 2.45) is 0 Å². The van der Waals surface area contributed by atoms with Crippen LogP contribution in [0.25, 0.3) is 10.4 Å². The second-order valence-corrected chi connectivity index (χ2v) is 6.46. The number of ether oxygens (including phenoxy) is 1. The normalized spacial score (nSPS) is 10.4. The average molecular weight is 353 g/mol. The van der Waals surface area contributed by atoms with Gasteiger partial charge in [-0.05, 0) is 54.7 Å². The Kier molecular flexibility index (Phi) is 5.74. The number of hydrogen-bond acceptors (Lipinski definition) is 5. The molecule has 2 aromatic carbocycles. The number of benzene rings is 2. The van der Waals surface area contributed by atoms with Gasteiger partial charge in [-0.1, -0.05) is 34.3 Å². The quantitative estimate of drug-likeness (QED) is 0.643. The number of nitrogens with one attached hydrogen (secondary N) is 1. The standard InChI is InChI=1S/C19H19N3O2S/c1-14-4-10-17(11-5-14)24-12-2-3-19(23)21-16-8-6-15(7-9-16)18-13-20-22-25-18/h4-11,13H,2-3,12H2,1H3,(H,21,23). The summed E-state index contributed by atoms with van der Waals surface area (Å²) in [4.78, 5) is 13.0. The van der Waals surface area contributed by atoms with Crippen molar-refractivity contribution in [3.05, 3.63) is 60.3 Å². The van der Waals surface area contributed by atoms with Crippen LogP contribution in [0, 0.1) is 6.92 Å². The van der Waals surface area contributed by atoms with Crippen LogP contribution in [0.1, 0.15) is 18.4 Å². The van der Waals surface area contributed by atoms with Crippen molar-refractivity contribution < 1.29 is 9.53 Å². The van der Waals surface area contributed by atoms with Crippen LogP contribution in [0.5, 0.6) is 5.75 Å². The summed E-state index contributed by atoms with van der Waals surface area (Å²) in [5.41, 5.74) is 3.02. The maximum atomic E-state index is 12.0. The summed E-state index contributed by atoms with van der Waals surface area (Å²) >= 11 is 1.35. The van der Waals surface area contributed by atoms with Gasteiger partial charge >= 0.3 is 0 Å². The molecule has 3 aromatic rings. The van der Waals surface area contributed by atoms with E-state index in [-0.39, 0.29) is 5.91 Å². The van der Waals surface area contributed by atoms with Crippen LogP contribution in [-0.2, 0) is 4.79 Å². The molecule has 0 bridgehead atoms. The summed E-state index contributed by atoms with van der Waals surface area (Å²) in [5.74, 6) is 0.818. The van der Waals surface area contributed by atoms with Gasteiger partial charge in [0.1, 0.15) is 5.75 Å². The first-order valence-electron chi connectivity index (χ1n) is 8.08. The number of carbonyl (C=O) groups excluding carboxylic acids is 1. The molecule has 0 spiro atoms. The lowest BCUT2D eigenvalue weighted by molar-refractivity contribution is -0.116. The van der Waals surface area contributed by atoms with E-state index in [4.69, 9.17) is 4.74 Å². The van der Waals surface area contributed by atoms with Crippen LogP contribution in [0.15, 0.2) is 54.7 Å².